The van der Waals surface area contributed by atoms with E-state index < -0.39 is 17.2 Å². The van der Waals surface area contributed by atoms with Crippen molar-refractivity contribution in [1.82, 2.24) is 9.55 Å². The van der Waals surface area contributed by atoms with Gasteiger partial charge >= 0.3 is 5.97 Å². The molecule has 0 spiro atoms. The van der Waals surface area contributed by atoms with E-state index in [0.717, 1.165) is 37.3 Å². The molecule has 9 heteroatoms. The third-order valence-electron chi connectivity index (χ3n) is 5.26. The average molecular weight is 407 g/mol. The van der Waals surface area contributed by atoms with E-state index in [0.29, 0.717) is 23.8 Å². The number of halogens is 2. The van der Waals surface area contributed by atoms with Crippen LogP contribution in [-0.2, 0) is 0 Å². The lowest BCUT2D eigenvalue weighted by Crippen LogP contribution is -2.33. The Balaban J connectivity index is 1.86. The van der Waals surface area contributed by atoms with Crippen LogP contribution in [0.4, 0.5) is 10.2 Å². The number of aromatic carboxylic acids is 1. The zero-order chi connectivity index (χ0) is 20.0. The normalized spacial score (nSPS) is 19.2. The summed E-state index contributed by atoms with van der Waals surface area (Å²) in [6.07, 6.45) is 4.66. The minimum atomic E-state index is -1.33. The molecule has 0 aromatic carbocycles. The number of aromatic nitrogens is 2. The van der Waals surface area contributed by atoms with E-state index in [1.54, 1.807) is 9.47 Å². The fourth-order valence-corrected chi connectivity index (χ4v) is 3.82. The van der Waals surface area contributed by atoms with Crippen molar-refractivity contribution in [3.8, 4) is 0 Å². The fraction of sp³-hybridized carbons (Fsp3) is 0.421. The number of carboxylic acids is 1. The number of hydrogen-bond donors (Lipinski definition) is 2. The van der Waals surface area contributed by atoms with E-state index in [2.05, 4.69) is 4.98 Å². The molecule has 0 atom stereocenters. The van der Waals surface area contributed by atoms with Gasteiger partial charge in [0.25, 0.3) is 0 Å². The predicted molar refractivity (Wildman–Crippen MR) is 105 cm³/mol. The maximum atomic E-state index is 14.9. The molecule has 148 valence electrons. The summed E-state index contributed by atoms with van der Waals surface area (Å²) in [5.41, 5.74) is 5.80. The predicted octanol–water partition coefficient (Wildman–Crippen LogP) is 2.62. The number of carboxylic acid groups (broad SMARTS) is 1. The first-order chi connectivity index (χ1) is 13.4. The summed E-state index contributed by atoms with van der Waals surface area (Å²) in [7, 11) is 0. The summed E-state index contributed by atoms with van der Waals surface area (Å²) in [6, 6.07) is 1.18. The molecule has 1 aliphatic heterocycles. The minimum absolute atomic E-state index is 0.0131. The van der Waals surface area contributed by atoms with E-state index in [9.17, 15) is 19.1 Å². The fourth-order valence-electron chi connectivity index (χ4n) is 3.66. The molecule has 0 unspecified atom stereocenters. The van der Waals surface area contributed by atoms with Crippen molar-refractivity contribution in [2.75, 3.05) is 24.5 Å². The third kappa shape index (κ3) is 3.27. The molecule has 0 radical (unpaired) electrons. The molecule has 1 saturated carbocycles. The molecule has 2 aliphatic rings. The van der Waals surface area contributed by atoms with Gasteiger partial charge in [-0.1, -0.05) is 11.6 Å². The van der Waals surface area contributed by atoms with Crippen LogP contribution in [0.2, 0.25) is 0 Å². The van der Waals surface area contributed by atoms with Crippen molar-refractivity contribution in [3.05, 3.63) is 44.5 Å². The SMILES string of the molecule is NC/C(Cl)=C1/CCCN(c2nc3c(cc2F)c(=O)c(C(=O)O)cn3C2CC2)C1. The van der Waals surface area contributed by atoms with Crippen LogP contribution in [0.3, 0.4) is 0 Å². The number of carbonyl (C=O) groups is 1. The van der Waals surface area contributed by atoms with Gasteiger partial charge < -0.3 is 20.3 Å². The Hall–Kier alpha value is -2.45. The zero-order valence-corrected chi connectivity index (χ0v) is 15.9. The van der Waals surface area contributed by atoms with Gasteiger partial charge in [-0.15, -0.1) is 0 Å². The van der Waals surface area contributed by atoms with Gasteiger partial charge in [0.05, 0.1) is 5.39 Å². The van der Waals surface area contributed by atoms with Crippen LogP contribution in [0, 0.1) is 5.82 Å². The second-order valence-corrected chi connectivity index (χ2v) is 7.67. The van der Waals surface area contributed by atoms with Gasteiger partial charge in [0, 0.05) is 36.9 Å². The number of nitrogens with zero attached hydrogens (tertiary/aromatic N) is 3. The summed E-state index contributed by atoms with van der Waals surface area (Å²) < 4.78 is 16.6. The topological polar surface area (TPSA) is 101 Å². The van der Waals surface area contributed by atoms with Gasteiger partial charge in [-0.3, -0.25) is 4.79 Å². The minimum Gasteiger partial charge on any atom is -0.477 e. The molecular formula is C19H20ClFN4O3. The molecule has 3 N–H and O–H groups in total. The number of piperidine rings is 1. The van der Waals surface area contributed by atoms with Gasteiger partial charge in [0.1, 0.15) is 11.2 Å². The van der Waals surface area contributed by atoms with Crippen molar-refractivity contribution in [1.29, 1.82) is 0 Å². The average Bonchev–Trinajstić information content (AvgIpc) is 3.52. The van der Waals surface area contributed by atoms with E-state index in [1.807, 2.05) is 0 Å². The molecule has 2 aromatic heterocycles. The highest BCUT2D eigenvalue weighted by Crippen LogP contribution is 2.37. The molecule has 2 aromatic rings. The molecule has 2 fully saturated rings. The number of fused-ring (bicyclic) bond motifs is 1. The molecule has 0 amide bonds. The largest absolute Gasteiger partial charge is 0.477 e. The van der Waals surface area contributed by atoms with Gasteiger partial charge in [0.15, 0.2) is 11.6 Å². The lowest BCUT2D eigenvalue weighted by atomic mass is 10.0. The second-order valence-electron chi connectivity index (χ2n) is 7.22. The number of pyridine rings is 2. The summed E-state index contributed by atoms with van der Waals surface area (Å²) in [5.74, 6) is -1.84. The van der Waals surface area contributed by atoms with Crippen LogP contribution < -0.4 is 16.1 Å². The van der Waals surface area contributed by atoms with Crippen molar-refractivity contribution >= 4 is 34.4 Å². The highest BCUT2D eigenvalue weighted by atomic mass is 35.5. The Morgan fingerprint density at radius 1 is 1.43 bits per heavy atom. The van der Waals surface area contributed by atoms with Crippen molar-refractivity contribution in [3.63, 3.8) is 0 Å². The monoisotopic (exact) mass is 406 g/mol. The Morgan fingerprint density at radius 3 is 2.82 bits per heavy atom. The lowest BCUT2D eigenvalue weighted by Gasteiger charge is -2.31. The van der Waals surface area contributed by atoms with Gasteiger partial charge in [-0.25, -0.2) is 14.2 Å². The molecule has 7 nitrogen and oxygen atoms in total. The molecule has 4 rings (SSSR count). The van der Waals surface area contributed by atoms with Crippen molar-refractivity contribution in [2.24, 2.45) is 5.73 Å². The highest BCUT2D eigenvalue weighted by molar-refractivity contribution is 6.30. The van der Waals surface area contributed by atoms with E-state index in [-0.39, 0.29) is 29.4 Å². The molecule has 1 aliphatic carbocycles. The molecule has 1 saturated heterocycles. The molecular weight excluding hydrogens is 387 g/mol. The number of anilines is 1. The van der Waals surface area contributed by atoms with Crippen LogP contribution in [0.15, 0.2) is 27.7 Å². The molecule has 0 bridgehead atoms. The van der Waals surface area contributed by atoms with Crippen molar-refractivity contribution < 1.29 is 14.3 Å². The van der Waals surface area contributed by atoms with Gasteiger partial charge in [-0.05, 0) is 37.3 Å². The summed E-state index contributed by atoms with van der Waals surface area (Å²) in [5, 5.41) is 9.88. The molecule has 28 heavy (non-hydrogen) atoms. The first-order valence-electron chi connectivity index (χ1n) is 9.20. The Bertz CT molecular complexity index is 1060. The second kappa shape index (κ2) is 7.18. The van der Waals surface area contributed by atoms with E-state index in [4.69, 9.17) is 17.3 Å². The van der Waals surface area contributed by atoms with E-state index in [1.165, 1.54) is 6.20 Å². The first kappa shape index (κ1) is 18.9. The number of nitrogens with two attached hydrogens (primary N) is 1. The van der Waals surface area contributed by atoms with Crippen LogP contribution in [-0.4, -0.2) is 40.3 Å². The summed E-state index contributed by atoms with van der Waals surface area (Å²) in [6.45, 7) is 1.26. The van der Waals surface area contributed by atoms with Crippen LogP contribution in [0.25, 0.3) is 11.0 Å². The standard InChI is InChI=1S/C19H20ClFN4O3/c20-14(7-22)10-2-1-5-24(8-10)18-15(21)6-12-16(26)13(19(27)28)9-25(11-3-4-11)17(12)23-18/h6,9,11H,1-5,7-8,22H2,(H,27,28)/b14-10+. The Morgan fingerprint density at radius 2 is 2.18 bits per heavy atom. The Labute approximate surface area is 165 Å². The summed E-state index contributed by atoms with van der Waals surface area (Å²) >= 11 is 6.19. The lowest BCUT2D eigenvalue weighted by molar-refractivity contribution is 0.0695. The smallest absolute Gasteiger partial charge is 0.341 e. The van der Waals surface area contributed by atoms with Crippen LogP contribution >= 0.6 is 11.6 Å². The maximum Gasteiger partial charge on any atom is 0.341 e. The number of hydrogen-bond acceptors (Lipinski definition) is 5. The van der Waals surface area contributed by atoms with Crippen LogP contribution in [0.5, 0.6) is 0 Å². The zero-order valence-electron chi connectivity index (χ0n) is 15.1. The van der Waals surface area contributed by atoms with Crippen molar-refractivity contribution in [2.45, 2.75) is 31.7 Å². The van der Waals surface area contributed by atoms with E-state index >= 15 is 0 Å². The third-order valence-corrected chi connectivity index (χ3v) is 5.68. The summed E-state index contributed by atoms with van der Waals surface area (Å²) in [4.78, 5) is 30.2. The van der Waals surface area contributed by atoms with Gasteiger partial charge in [-0.2, -0.15) is 0 Å². The quantitative estimate of drug-likeness (QED) is 0.809. The molecule has 3 heterocycles. The number of rotatable bonds is 4. The van der Waals surface area contributed by atoms with Crippen LogP contribution in [0.1, 0.15) is 42.1 Å². The maximum absolute atomic E-state index is 14.9. The Kier molecular flexibility index (Phi) is 4.84. The van der Waals surface area contributed by atoms with Gasteiger partial charge in [0.2, 0.25) is 5.43 Å². The first-order valence-corrected chi connectivity index (χ1v) is 9.58. The highest BCUT2D eigenvalue weighted by Gasteiger charge is 2.29.